The van der Waals surface area contributed by atoms with Gasteiger partial charge in [0.1, 0.15) is 5.75 Å². The van der Waals surface area contributed by atoms with Crippen molar-refractivity contribution in [1.29, 1.82) is 0 Å². The highest BCUT2D eigenvalue weighted by atomic mass is 32.2. The first-order chi connectivity index (χ1) is 13.9. The molecule has 0 spiro atoms. The molecule has 8 nitrogen and oxygen atoms in total. The van der Waals surface area contributed by atoms with E-state index in [4.69, 9.17) is 0 Å². The molecule has 0 bridgehead atoms. The maximum atomic E-state index is 12.4. The van der Waals surface area contributed by atoms with E-state index in [-0.39, 0.29) is 22.7 Å². The molecule has 0 aromatic heterocycles. The van der Waals surface area contributed by atoms with Crippen LogP contribution in [-0.4, -0.2) is 52.1 Å². The van der Waals surface area contributed by atoms with E-state index in [0.29, 0.717) is 0 Å². The third-order valence-electron chi connectivity index (χ3n) is 3.78. The molecule has 0 aliphatic heterocycles. The van der Waals surface area contributed by atoms with Crippen LogP contribution < -0.4 is 14.8 Å². The highest BCUT2D eigenvalue weighted by molar-refractivity contribution is 7.89. The maximum Gasteiger partial charge on any atom is 0.573 e. The number of ether oxygens (including phenoxy) is 1. The number of sulfonamides is 1. The number of nitrogens with zero attached hydrogens (tertiary/aromatic N) is 1. The van der Waals surface area contributed by atoms with Gasteiger partial charge in [0.2, 0.25) is 15.9 Å². The van der Waals surface area contributed by atoms with Crippen molar-refractivity contribution in [1.82, 2.24) is 9.62 Å². The zero-order valence-electron chi connectivity index (χ0n) is 15.9. The Kier molecular flexibility index (Phi) is 7.05. The fourth-order valence-electron chi connectivity index (χ4n) is 2.34. The van der Waals surface area contributed by atoms with Crippen LogP contribution in [0, 0.1) is 0 Å². The molecule has 2 aromatic carbocycles. The molecule has 0 saturated carbocycles. The first kappa shape index (κ1) is 23.2. The summed E-state index contributed by atoms with van der Waals surface area (Å²) in [5, 5.41) is 2.45. The minimum atomic E-state index is -4.82. The summed E-state index contributed by atoms with van der Waals surface area (Å²) in [5.74, 6) is -1.53. The number of carbonyl (C=O) groups excluding carboxylic acids is 2. The van der Waals surface area contributed by atoms with Crippen LogP contribution in [-0.2, 0) is 14.8 Å². The van der Waals surface area contributed by atoms with Gasteiger partial charge in [-0.3, -0.25) is 9.59 Å². The van der Waals surface area contributed by atoms with Crippen LogP contribution in [0.3, 0.4) is 0 Å². The molecule has 0 saturated heterocycles. The van der Waals surface area contributed by atoms with Crippen molar-refractivity contribution in [3.8, 4) is 5.75 Å². The van der Waals surface area contributed by atoms with Crippen molar-refractivity contribution in [2.45, 2.75) is 11.3 Å². The summed E-state index contributed by atoms with van der Waals surface area (Å²) >= 11 is 0. The molecular formula is C18H18F3N3O5S. The molecule has 0 radical (unpaired) electrons. The molecule has 0 heterocycles. The molecule has 2 rings (SSSR count). The number of alkyl halides is 3. The van der Waals surface area contributed by atoms with Crippen LogP contribution >= 0.6 is 0 Å². The van der Waals surface area contributed by atoms with E-state index < -0.39 is 33.9 Å². The van der Waals surface area contributed by atoms with Crippen LogP contribution in [0.4, 0.5) is 18.9 Å². The zero-order chi connectivity index (χ0) is 22.5. The Bertz CT molecular complexity index is 1010. The van der Waals surface area contributed by atoms with Crippen LogP contribution in [0.25, 0.3) is 0 Å². The highest BCUT2D eigenvalue weighted by Gasteiger charge is 2.31. The normalized spacial score (nSPS) is 11.6. The summed E-state index contributed by atoms with van der Waals surface area (Å²) in [5.41, 5.74) is 0.394. The number of anilines is 1. The smallest absolute Gasteiger partial charge is 0.406 e. The standard InChI is InChI=1S/C18H18F3N3O5S/c1-22-30(27,28)15-9-3-12(4-10-15)17(26)24(2)11-16(25)23-13-5-7-14(8-6-13)29-18(19,20)21/h3-10,22H,11H2,1-2H3,(H,23,25). The molecule has 0 unspecified atom stereocenters. The van der Waals surface area contributed by atoms with Gasteiger partial charge in [0.25, 0.3) is 5.91 Å². The number of likely N-dealkylation sites (N-methyl/N-ethyl adjacent to an activating group) is 1. The van der Waals surface area contributed by atoms with Gasteiger partial charge in [-0.1, -0.05) is 0 Å². The van der Waals surface area contributed by atoms with Crippen molar-refractivity contribution >= 4 is 27.5 Å². The second-order valence-corrected chi connectivity index (χ2v) is 7.90. The molecule has 12 heteroatoms. The van der Waals surface area contributed by atoms with Gasteiger partial charge in [0.05, 0.1) is 11.4 Å². The van der Waals surface area contributed by atoms with E-state index in [2.05, 4.69) is 14.8 Å². The molecule has 30 heavy (non-hydrogen) atoms. The number of hydrogen-bond donors (Lipinski definition) is 2. The highest BCUT2D eigenvalue weighted by Crippen LogP contribution is 2.24. The Morgan fingerprint density at radius 1 is 1.03 bits per heavy atom. The second-order valence-electron chi connectivity index (χ2n) is 6.01. The van der Waals surface area contributed by atoms with E-state index >= 15 is 0 Å². The summed E-state index contributed by atoms with van der Waals surface area (Å²) in [6.07, 6.45) is -4.82. The topological polar surface area (TPSA) is 105 Å². The average Bonchev–Trinajstić information content (AvgIpc) is 2.67. The largest absolute Gasteiger partial charge is 0.573 e. The van der Waals surface area contributed by atoms with Crippen molar-refractivity contribution in [3.63, 3.8) is 0 Å². The minimum absolute atomic E-state index is 0.0140. The molecule has 2 aromatic rings. The second kappa shape index (κ2) is 9.13. The summed E-state index contributed by atoms with van der Waals surface area (Å²) in [4.78, 5) is 25.6. The lowest BCUT2D eigenvalue weighted by Gasteiger charge is -2.17. The van der Waals surface area contributed by atoms with Crippen molar-refractivity contribution in [2.24, 2.45) is 0 Å². The first-order valence-corrected chi connectivity index (χ1v) is 9.84. The molecule has 0 aliphatic carbocycles. The SMILES string of the molecule is CNS(=O)(=O)c1ccc(C(=O)N(C)CC(=O)Nc2ccc(OC(F)(F)F)cc2)cc1. The monoisotopic (exact) mass is 445 g/mol. The Morgan fingerprint density at radius 3 is 2.10 bits per heavy atom. The van der Waals surface area contributed by atoms with E-state index in [9.17, 15) is 31.2 Å². The van der Waals surface area contributed by atoms with Crippen molar-refractivity contribution < 1.29 is 35.9 Å². The quantitative estimate of drug-likeness (QED) is 0.680. The Labute approximate surface area is 170 Å². The Morgan fingerprint density at radius 2 is 1.60 bits per heavy atom. The number of hydrogen-bond acceptors (Lipinski definition) is 5. The molecule has 2 amide bonds. The third-order valence-corrected chi connectivity index (χ3v) is 5.21. The van der Waals surface area contributed by atoms with E-state index in [1.54, 1.807) is 0 Å². The van der Waals surface area contributed by atoms with Crippen molar-refractivity contribution in [2.75, 3.05) is 26.0 Å². The molecule has 2 N–H and O–H groups in total. The fourth-order valence-corrected chi connectivity index (χ4v) is 3.07. The lowest BCUT2D eigenvalue weighted by atomic mass is 10.2. The van der Waals surface area contributed by atoms with Gasteiger partial charge >= 0.3 is 6.36 Å². The summed E-state index contributed by atoms with van der Waals surface area (Å²) in [7, 11) is -1.00. The van der Waals surface area contributed by atoms with Crippen LogP contribution in [0.2, 0.25) is 0 Å². The maximum absolute atomic E-state index is 12.4. The van der Waals surface area contributed by atoms with Crippen LogP contribution in [0.1, 0.15) is 10.4 Å². The van der Waals surface area contributed by atoms with Gasteiger partial charge in [-0.15, -0.1) is 13.2 Å². The van der Waals surface area contributed by atoms with E-state index in [1.165, 1.54) is 50.5 Å². The molecule has 162 valence electrons. The number of amides is 2. The van der Waals surface area contributed by atoms with Gasteiger partial charge in [-0.25, -0.2) is 13.1 Å². The Balaban J connectivity index is 1.96. The summed E-state index contributed by atoms with van der Waals surface area (Å²) in [6, 6.07) is 9.69. The average molecular weight is 445 g/mol. The predicted octanol–water partition coefficient (Wildman–Crippen LogP) is 2.20. The number of halogens is 3. The van der Waals surface area contributed by atoms with E-state index in [1.807, 2.05) is 0 Å². The number of carbonyl (C=O) groups is 2. The summed E-state index contributed by atoms with van der Waals surface area (Å²) < 4.78 is 65.7. The number of rotatable bonds is 7. The van der Waals surface area contributed by atoms with Gasteiger partial charge in [0.15, 0.2) is 0 Å². The molecule has 0 atom stereocenters. The lowest BCUT2D eigenvalue weighted by Crippen LogP contribution is -2.35. The number of nitrogens with one attached hydrogen (secondary N) is 2. The van der Waals surface area contributed by atoms with E-state index in [0.717, 1.165) is 17.0 Å². The molecule has 0 aliphatic rings. The number of benzene rings is 2. The summed E-state index contributed by atoms with van der Waals surface area (Å²) in [6.45, 7) is -0.337. The van der Waals surface area contributed by atoms with Crippen LogP contribution in [0.5, 0.6) is 5.75 Å². The van der Waals surface area contributed by atoms with Crippen molar-refractivity contribution in [3.05, 3.63) is 54.1 Å². The molecular weight excluding hydrogens is 427 g/mol. The van der Waals surface area contributed by atoms with Gasteiger partial charge in [-0.05, 0) is 55.6 Å². The van der Waals surface area contributed by atoms with Gasteiger partial charge < -0.3 is 15.0 Å². The fraction of sp³-hybridized carbons (Fsp3) is 0.222. The van der Waals surface area contributed by atoms with Gasteiger partial charge in [0, 0.05) is 18.3 Å². The molecule has 0 fully saturated rings. The van der Waals surface area contributed by atoms with Gasteiger partial charge in [-0.2, -0.15) is 0 Å². The predicted molar refractivity (Wildman–Crippen MR) is 101 cm³/mol. The minimum Gasteiger partial charge on any atom is -0.406 e. The lowest BCUT2D eigenvalue weighted by molar-refractivity contribution is -0.274. The Hall–Kier alpha value is -3.12. The first-order valence-electron chi connectivity index (χ1n) is 8.36. The van der Waals surface area contributed by atoms with Crippen LogP contribution in [0.15, 0.2) is 53.4 Å². The zero-order valence-corrected chi connectivity index (χ0v) is 16.7. The third kappa shape index (κ3) is 6.46.